The van der Waals surface area contributed by atoms with E-state index < -0.39 is 0 Å². The van der Waals surface area contributed by atoms with Crippen LogP contribution >= 0.6 is 11.8 Å². The van der Waals surface area contributed by atoms with Crippen molar-refractivity contribution in [3.05, 3.63) is 78.0 Å². The Morgan fingerprint density at radius 3 is 2.52 bits per heavy atom. The fourth-order valence-corrected chi connectivity index (χ4v) is 3.25. The lowest BCUT2D eigenvalue weighted by Gasteiger charge is -2.11. The van der Waals surface area contributed by atoms with Crippen molar-refractivity contribution >= 4 is 17.7 Å². The monoisotopic (exact) mass is 380 g/mol. The Labute approximate surface area is 162 Å². The van der Waals surface area contributed by atoms with Crippen LogP contribution in [0.1, 0.15) is 15.9 Å². The Kier molecular flexibility index (Phi) is 6.33. The zero-order valence-corrected chi connectivity index (χ0v) is 16.0. The van der Waals surface area contributed by atoms with Crippen molar-refractivity contribution in [2.45, 2.75) is 16.5 Å². The van der Waals surface area contributed by atoms with E-state index in [1.807, 2.05) is 54.6 Å². The molecule has 3 rings (SSSR count). The van der Waals surface area contributed by atoms with E-state index in [-0.39, 0.29) is 5.91 Å². The summed E-state index contributed by atoms with van der Waals surface area (Å²) in [5, 5.41) is 3.84. The molecule has 1 amide bonds. The van der Waals surface area contributed by atoms with E-state index >= 15 is 0 Å². The van der Waals surface area contributed by atoms with Gasteiger partial charge in [-0.05, 0) is 48.5 Å². The molecule has 0 fully saturated rings. The summed E-state index contributed by atoms with van der Waals surface area (Å²) in [6.45, 7) is 0.371. The van der Waals surface area contributed by atoms with Gasteiger partial charge in [-0.3, -0.25) is 4.79 Å². The van der Waals surface area contributed by atoms with Gasteiger partial charge in [-0.2, -0.15) is 0 Å². The van der Waals surface area contributed by atoms with E-state index in [1.165, 1.54) is 0 Å². The van der Waals surface area contributed by atoms with Gasteiger partial charge in [-0.1, -0.05) is 17.8 Å². The lowest BCUT2D eigenvalue weighted by atomic mass is 10.1. The Bertz CT molecular complexity index is 899. The molecule has 6 heteroatoms. The second-order valence-electron chi connectivity index (χ2n) is 5.65. The number of carbonyl (C=O) groups is 1. The fourth-order valence-electron chi connectivity index (χ4n) is 2.48. The van der Waals surface area contributed by atoms with Crippen LogP contribution in [0.2, 0.25) is 0 Å². The molecule has 0 unspecified atom stereocenters. The summed E-state index contributed by atoms with van der Waals surface area (Å²) in [5.41, 5.74) is 1.49. The lowest BCUT2D eigenvalue weighted by molar-refractivity contribution is 0.0950. The molecule has 2 aromatic carbocycles. The van der Waals surface area contributed by atoms with Crippen LogP contribution in [-0.4, -0.2) is 25.1 Å². The van der Waals surface area contributed by atoms with Crippen molar-refractivity contribution in [2.75, 3.05) is 14.2 Å². The number of nitrogens with one attached hydrogen (secondary N) is 1. The van der Waals surface area contributed by atoms with Gasteiger partial charge >= 0.3 is 0 Å². The molecule has 5 nitrogen and oxygen atoms in total. The van der Waals surface area contributed by atoms with Gasteiger partial charge in [0, 0.05) is 34.8 Å². The summed E-state index contributed by atoms with van der Waals surface area (Å²) in [6.07, 6.45) is 1.76. The minimum Gasteiger partial charge on any atom is -0.497 e. The molecule has 0 saturated carbocycles. The topological polar surface area (TPSA) is 60.5 Å². The Hall–Kier alpha value is -2.99. The second kappa shape index (κ2) is 9.09. The van der Waals surface area contributed by atoms with E-state index in [1.54, 1.807) is 38.2 Å². The predicted octanol–water partition coefficient (Wildman–Crippen LogP) is 4.18. The van der Waals surface area contributed by atoms with Crippen LogP contribution in [0.25, 0.3) is 0 Å². The van der Waals surface area contributed by atoms with Crippen molar-refractivity contribution in [2.24, 2.45) is 0 Å². The Morgan fingerprint density at radius 2 is 1.85 bits per heavy atom. The number of pyridine rings is 1. The van der Waals surface area contributed by atoms with Gasteiger partial charge in [0.2, 0.25) is 0 Å². The molecular formula is C21H20N2O3S. The normalized spacial score (nSPS) is 10.3. The van der Waals surface area contributed by atoms with E-state index in [2.05, 4.69) is 10.3 Å². The minimum absolute atomic E-state index is 0.137. The number of hydrogen-bond donors (Lipinski definition) is 1. The highest BCUT2D eigenvalue weighted by molar-refractivity contribution is 7.99. The van der Waals surface area contributed by atoms with Gasteiger partial charge in [-0.25, -0.2) is 4.98 Å². The zero-order valence-electron chi connectivity index (χ0n) is 15.1. The maximum atomic E-state index is 12.4. The van der Waals surface area contributed by atoms with Crippen LogP contribution in [0, 0.1) is 0 Å². The average molecular weight is 380 g/mol. The van der Waals surface area contributed by atoms with Crippen molar-refractivity contribution in [1.82, 2.24) is 10.3 Å². The van der Waals surface area contributed by atoms with Crippen molar-refractivity contribution in [3.63, 3.8) is 0 Å². The highest BCUT2D eigenvalue weighted by Gasteiger charge is 2.09. The van der Waals surface area contributed by atoms with Gasteiger partial charge in [0.15, 0.2) is 0 Å². The van der Waals surface area contributed by atoms with Gasteiger partial charge in [-0.15, -0.1) is 0 Å². The summed E-state index contributed by atoms with van der Waals surface area (Å²) in [5.74, 6) is 1.25. The fraction of sp³-hybridized carbons (Fsp3) is 0.143. The molecule has 0 aliphatic heterocycles. The largest absolute Gasteiger partial charge is 0.497 e. The van der Waals surface area contributed by atoms with E-state index in [0.717, 1.165) is 15.5 Å². The van der Waals surface area contributed by atoms with E-state index in [0.29, 0.717) is 23.6 Å². The minimum atomic E-state index is -0.137. The van der Waals surface area contributed by atoms with Crippen LogP contribution in [0.4, 0.5) is 0 Å². The number of rotatable bonds is 7. The molecule has 0 spiro atoms. The van der Waals surface area contributed by atoms with Crippen LogP contribution in [0.3, 0.4) is 0 Å². The first-order valence-corrected chi connectivity index (χ1v) is 9.19. The van der Waals surface area contributed by atoms with Crippen molar-refractivity contribution in [3.8, 4) is 11.5 Å². The quantitative estimate of drug-likeness (QED) is 0.666. The zero-order chi connectivity index (χ0) is 19.1. The SMILES string of the molecule is COc1ccc(CNC(=O)c2ccc(Sc3ccccn3)cc2)c(OC)c1. The van der Waals surface area contributed by atoms with Gasteiger partial charge in [0.25, 0.3) is 5.91 Å². The first-order valence-electron chi connectivity index (χ1n) is 8.37. The summed E-state index contributed by atoms with van der Waals surface area (Å²) in [4.78, 5) is 17.7. The molecule has 0 aliphatic rings. The maximum absolute atomic E-state index is 12.4. The molecule has 0 saturated heterocycles. The Morgan fingerprint density at radius 1 is 1.04 bits per heavy atom. The molecule has 0 aliphatic carbocycles. The number of ether oxygens (including phenoxy) is 2. The van der Waals surface area contributed by atoms with Crippen LogP contribution in [0.15, 0.2) is 76.8 Å². The number of methoxy groups -OCH3 is 2. The highest BCUT2D eigenvalue weighted by Crippen LogP contribution is 2.26. The van der Waals surface area contributed by atoms with Crippen LogP contribution in [-0.2, 0) is 6.54 Å². The molecule has 1 N–H and O–H groups in total. The van der Waals surface area contributed by atoms with Gasteiger partial charge in [0.1, 0.15) is 16.5 Å². The predicted molar refractivity (Wildman–Crippen MR) is 106 cm³/mol. The summed E-state index contributed by atoms with van der Waals surface area (Å²) in [6, 6.07) is 18.8. The van der Waals surface area contributed by atoms with Crippen molar-refractivity contribution in [1.29, 1.82) is 0 Å². The summed E-state index contributed by atoms with van der Waals surface area (Å²) >= 11 is 1.56. The number of amides is 1. The van der Waals surface area contributed by atoms with E-state index in [9.17, 15) is 4.79 Å². The summed E-state index contributed by atoms with van der Waals surface area (Å²) < 4.78 is 10.5. The third-order valence-corrected chi connectivity index (χ3v) is 4.87. The van der Waals surface area contributed by atoms with Crippen LogP contribution < -0.4 is 14.8 Å². The van der Waals surface area contributed by atoms with Gasteiger partial charge < -0.3 is 14.8 Å². The smallest absolute Gasteiger partial charge is 0.251 e. The molecule has 3 aromatic rings. The average Bonchev–Trinajstić information content (AvgIpc) is 2.73. The lowest BCUT2D eigenvalue weighted by Crippen LogP contribution is -2.23. The molecule has 27 heavy (non-hydrogen) atoms. The molecule has 0 atom stereocenters. The molecule has 0 bridgehead atoms. The van der Waals surface area contributed by atoms with Gasteiger partial charge in [0.05, 0.1) is 14.2 Å². The maximum Gasteiger partial charge on any atom is 0.251 e. The second-order valence-corrected chi connectivity index (χ2v) is 6.75. The number of nitrogens with zero attached hydrogens (tertiary/aromatic N) is 1. The number of aromatic nitrogens is 1. The molecular weight excluding hydrogens is 360 g/mol. The van der Waals surface area contributed by atoms with Crippen molar-refractivity contribution < 1.29 is 14.3 Å². The first kappa shape index (κ1) is 18.8. The third kappa shape index (κ3) is 5.01. The first-order chi connectivity index (χ1) is 13.2. The number of hydrogen-bond acceptors (Lipinski definition) is 5. The highest BCUT2D eigenvalue weighted by atomic mass is 32.2. The van der Waals surface area contributed by atoms with E-state index in [4.69, 9.17) is 9.47 Å². The molecule has 1 heterocycles. The number of carbonyl (C=O) groups excluding carboxylic acids is 1. The summed E-state index contributed by atoms with van der Waals surface area (Å²) in [7, 11) is 3.20. The number of benzene rings is 2. The third-order valence-electron chi connectivity index (χ3n) is 3.91. The Balaban J connectivity index is 1.61. The van der Waals surface area contributed by atoms with Crippen LogP contribution in [0.5, 0.6) is 11.5 Å². The molecule has 1 aromatic heterocycles. The molecule has 138 valence electrons. The molecule has 0 radical (unpaired) electrons. The standard InChI is InChI=1S/C21H20N2O3S/c1-25-17-9-6-16(19(13-17)26-2)14-23-21(24)15-7-10-18(11-8-15)27-20-5-3-4-12-22-20/h3-13H,14H2,1-2H3,(H,23,24).